The molecule has 4 N–H and O–H groups in total. The summed E-state index contributed by atoms with van der Waals surface area (Å²) in [6.45, 7) is 2.28. The highest BCUT2D eigenvalue weighted by Gasteiger charge is 2.22. The number of hydrogen-bond donors (Lipinski definition) is 2. The standard InChI is InChI=1S/C14H20ClN3O/c15-12-2-1-3-13(11(12)9-16)18-6-4-10(5-7-18)8-14(17)19/h1-3,10H,4-9,16H2,(H2,17,19). The maximum Gasteiger partial charge on any atom is 0.217 e. The fourth-order valence-corrected chi connectivity index (χ4v) is 2.95. The van der Waals surface area contributed by atoms with Crippen molar-refractivity contribution >= 4 is 23.2 Å². The van der Waals surface area contributed by atoms with Crippen LogP contribution in [0.2, 0.25) is 5.02 Å². The highest BCUT2D eigenvalue weighted by Crippen LogP contribution is 2.31. The molecular weight excluding hydrogens is 262 g/mol. The number of amides is 1. The molecular formula is C14H20ClN3O. The molecule has 104 valence electrons. The molecule has 0 aromatic heterocycles. The third-order valence-electron chi connectivity index (χ3n) is 3.74. The van der Waals surface area contributed by atoms with Gasteiger partial charge in [-0.25, -0.2) is 0 Å². The van der Waals surface area contributed by atoms with Crippen LogP contribution in [0.1, 0.15) is 24.8 Å². The van der Waals surface area contributed by atoms with Crippen molar-refractivity contribution in [1.82, 2.24) is 0 Å². The molecule has 0 bridgehead atoms. The van der Waals surface area contributed by atoms with Gasteiger partial charge in [-0.3, -0.25) is 4.79 Å². The van der Waals surface area contributed by atoms with Crippen LogP contribution >= 0.6 is 11.6 Å². The molecule has 1 fully saturated rings. The Morgan fingerprint density at radius 1 is 1.37 bits per heavy atom. The number of carbonyl (C=O) groups excluding carboxylic acids is 1. The van der Waals surface area contributed by atoms with Crippen molar-refractivity contribution in [3.63, 3.8) is 0 Å². The van der Waals surface area contributed by atoms with Crippen LogP contribution in [-0.4, -0.2) is 19.0 Å². The van der Waals surface area contributed by atoms with E-state index in [1.165, 1.54) is 0 Å². The number of benzene rings is 1. The first-order chi connectivity index (χ1) is 9.11. The van der Waals surface area contributed by atoms with E-state index < -0.39 is 0 Å². The smallest absolute Gasteiger partial charge is 0.217 e. The van der Waals surface area contributed by atoms with Crippen LogP contribution in [-0.2, 0) is 11.3 Å². The molecule has 4 nitrogen and oxygen atoms in total. The number of primary amides is 1. The second kappa shape index (κ2) is 6.26. The summed E-state index contributed by atoms with van der Waals surface area (Å²) in [4.78, 5) is 13.2. The molecule has 0 aliphatic carbocycles. The summed E-state index contributed by atoms with van der Waals surface area (Å²) in [7, 11) is 0. The van der Waals surface area contributed by atoms with Crippen molar-refractivity contribution in [1.29, 1.82) is 0 Å². The molecule has 0 spiro atoms. The summed E-state index contributed by atoms with van der Waals surface area (Å²) in [6.07, 6.45) is 2.46. The molecule has 2 rings (SSSR count). The minimum atomic E-state index is -0.205. The Balaban J connectivity index is 2.05. The van der Waals surface area contributed by atoms with Gasteiger partial charge in [0.05, 0.1) is 0 Å². The number of halogens is 1. The maximum absolute atomic E-state index is 10.9. The van der Waals surface area contributed by atoms with E-state index >= 15 is 0 Å². The highest BCUT2D eigenvalue weighted by atomic mass is 35.5. The zero-order valence-corrected chi connectivity index (χ0v) is 11.7. The number of anilines is 1. The Kier molecular flexibility index (Phi) is 4.66. The molecule has 0 saturated carbocycles. The number of nitrogens with zero attached hydrogens (tertiary/aromatic N) is 1. The lowest BCUT2D eigenvalue weighted by molar-refractivity contribution is -0.119. The molecule has 1 saturated heterocycles. The average molecular weight is 282 g/mol. The quantitative estimate of drug-likeness (QED) is 0.885. The van der Waals surface area contributed by atoms with Crippen molar-refractivity contribution in [2.75, 3.05) is 18.0 Å². The summed E-state index contributed by atoms with van der Waals surface area (Å²) < 4.78 is 0. The van der Waals surface area contributed by atoms with Crippen molar-refractivity contribution in [3.05, 3.63) is 28.8 Å². The topological polar surface area (TPSA) is 72.3 Å². The Morgan fingerprint density at radius 2 is 2.05 bits per heavy atom. The van der Waals surface area contributed by atoms with Crippen LogP contribution in [0, 0.1) is 5.92 Å². The highest BCUT2D eigenvalue weighted by molar-refractivity contribution is 6.31. The summed E-state index contributed by atoms with van der Waals surface area (Å²) in [6, 6.07) is 5.88. The van der Waals surface area contributed by atoms with Gasteiger partial charge in [0, 0.05) is 42.3 Å². The van der Waals surface area contributed by atoms with Gasteiger partial charge in [-0.1, -0.05) is 17.7 Å². The van der Waals surface area contributed by atoms with E-state index in [4.69, 9.17) is 23.1 Å². The van der Waals surface area contributed by atoms with Gasteiger partial charge in [0.1, 0.15) is 0 Å². The predicted octanol–water partition coefficient (Wildman–Crippen LogP) is 1.89. The molecule has 1 heterocycles. The van der Waals surface area contributed by atoms with Crippen LogP contribution in [0.3, 0.4) is 0 Å². The molecule has 1 aliphatic heterocycles. The summed E-state index contributed by atoms with van der Waals surface area (Å²) in [5.41, 5.74) is 13.1. The van der Waals surface area contributed by atoms with E-state index in [2.05, 4.69) is 11.0 Å². The molecule has 0 unspecified atom stereocenters. The molecule has 1 aliphatic rings. The fraction of sp³-hybridized carbons (Fsp3) is 0.500. The summed E-state index contributed by atoms with van der Waals surface area (Å²) in [5, 5.41) is 0.722. The van der Waals surface area contributed by atoms with Crippen molar-refractivity contribution < 1.29 is 4.79 Å². The average Bonchev–Trinajstić information content (AvgIpc) is 2.38. The van der Waals surface area contributed by atoms with Gasteiger partial charge < -0.3 is 16.4 Å². The Bertz CT molecular complexity index is 456. The van der Waals surface area contributed by atoms with E-state index in [9.17, 15) is 4.79 Å². The Labute approximate surface area is 118 Å². The van der Waals surface area contributed by atoms with Gasteiger partial charge in [0.25, 0.3) is 0 Å². The lowest BCUT2D eigenvalue weighted by Crippen LogP contribution is -2.35. The molecule has 0 radical (unpaired) electrons. The molecule has 5 heteroatoms. The van der Waals surface area contributed by atoms with Crippen LogP contribution in [0.4, 0.5) is 5.69 Å². The molecule has 19 heavy (non-hydrogen) atoms. The van der Waals surface area contributed by atoms with Gasteiger partial charge in [0.15, 0.2) is 0 Å². The third-order valence-corrected chi connectivity index (χ3v) is 4.10. The SMILES string of the molecule is NCc1c(Cl)cccc1N1CCC(CC(N)=O)CC1. The number of rotatable bonds is 4. The van der Waals surface area contributed by atoms with Crippen LogP contribution in [0.5, 0.6) is 0 Å². The first-order valence-electron chi connectivity index (χ1n) is 6.62. The number of nitrogens with two attached hydrogens (primary N) is 2. The van der Waals surface area contributed by atoms with Gasteiger partial charge in [-0.05, 0) is 30.9 Å². The second-order valence-electron chi connectivity index (χ2n) is 5.04. The van der Waals surface area contributed by atoms with Gasteiger partial charge in [-0.2, -0.15) is 0 Å². The Morgan fingerprint density at radius 3 is 2.63 bits per heavy atom. The largest absolute Gasteiger partial charge is 0.371 e. The molecule has 1 amide bonds. The van der Waals surface area contributed by atoms with E-state index in [1.807, 2.05) is 12.1 Å². The fourth-order valence-electron chi connectivity index (χ4n) is 2.71. The maximum atomic E-state index is 10.9. The first kappa shape index (κ1) is 14.2. The third kappa shape index (κ3) is 3.39. The van der Waals surface area contributed by atoms with Crippen molar-refractivity contribution in [2.45, 2.75) is 25.8 Å². The zero-order chi connectivity index (χ0) is 13.8. The normalized spacial score (nSPS) is 16.6. The lowest BCUT2D eigenvalue weighted by atomic mass is 9.92. The van der Waals surface area contributed by atoms with Gasteiger partial charge >= 0.3 is 0 Å². The summed E-state index contributed by atoms with van der Waals surface area (Å²) in [5.74, 6) is 0.207. The Hall–Kier alpha value is -1.26. The van der Waals surface area contributed by atoms with Crippen molar-refractivity contribution in [2.24, 2.45) is 17.4 Å². The van der Waals surface area contributed by atoms with E-state index in [1.54, 1.807) is 0 Å². The molecule has 1 aromatic rings. The predicted molar refractivity (Wildman–Crippen MR) is 78.1 cm³/mol. The summed E-state index contributed by atoms with van der Waals surface area (Å²) >= 11 is 6.18. The van der Waals surface area contributed by atoms with E-state index in [0.717, 1.165) is 42.2 Å². The number of hydrogen-bond acceptors (Lipinski definition) is 3. The number of piperidine rings is 1. The minimum absolute atomic E-state index is 0.205. The van der Waals surface area contributed by atoms with E-state index in [-0.39, 0.29) is 5.91 Å². The number of carbonyl (C=O) groups is 1. The minimum Gasteiger partial charge on any atom is -0.371 e. The monoisotopic (exact) mass is 281 g/mol. The molecule has 1 aromatic carbocycles. The van der Waals surface area contributed by atoms with E-state index in [0.29, 0.717) is 18.9 Å². The first-order valence-corrected chi connectivity index (χ1v) is 7.00. The van der Waals surface area contributed by atoms with Crippen LogP contribution < -0.4 is 16.4 Å². The molecule has 0 atom stereocenters. The zero-order valence-electron chi connectivity index (χ0n) is 10.9. The van der Waals surface area contributed by atoms with Crippen LogP contribution in [0.15, 0.2) is 18.2 Å². The second-order valence-corrected chi connectivity index (χ2v) is 5.45. The van der Waals surface area contributed by atoms with Gasteiger partial charge in [-0.15, -0.1) is 0 Å². The van der Waals surface area contributed by atoms with Gasteiger partial charge in [0.2, 0.25) is 5.91 Å². The lowest BCUT2D eigenvalue weighted by Gasteiger charge is -2.34. The van der Waals surface area contributed by atoms with Crippen molar-refractivity contribution in [3.8, 4) is 0 Å². The van der Waals surface area contributed by atoms with Crippen LogP contribution in [0.25, 0.3) is 0 Å².